The van der Waals surface area contributed by atoms with Gasteiger partial charge in [0.25, 0.3) is 5.56 Å². The molecule has 2 heterocycles. The molecular formula is C9H10N4O. The quantitative estimate of drug-likeness (QED) is 0.666. The van der Waals surface area contributed by atoms with Crippen molar-refractivity contribution in [3.63, 3.8) is 0 Å². The molecule has 0 unspecified atom stereocenters. The summed E-state index contributed by atoms with van der Waals surface area (Å²) < 4.78 is 1.85. The Morgan fingerprint density at radius 1 is 1.36 bits per heavy atom. The van der Waals surface area contributed by atoms with Crippen molar-refractivity contribution in [3.8, 4) is 0 Å². The first-order valence-electron chi connectivity index (χ1n) is 4.37. The minimum absolute atomic E-state index is 0.223. The molecule has 2 aromatic rings. The molecule has 0 aliphatic heterocycles. The number of hydrogen-bond acceptors (Lipinski definition) is 4. The highest BCUT2D eigenvalue weighted by molar-refractivity contribution is 5.72. The fourth-order valence-corrected chi connectivity index (χ4v) is 1.30. The molecular weight excluding hydrogens is 180 g/mol. The van der Waals surface area contributed by atoms with Crippen molar-refractivity contribution in [1.82, 2.24) is 19.5 Å². The predicted molar refractivity (Wildman–Crippen MR) is 52.0 cm³/mol. The van der Waals surface area contributed by atoms with Crippen LogP contribution in [0.4, 0.5) is 0 Å². The molecule has 0 aliphatic rings. The first-order valence-corrected chi connectivity index (χ1v) is 4.37. The van der Waals surface area contributed by atoms with E-state index in [0.29, 0.717) is 11.0 Å². The smallest absolute Gasteiger partial charge is 0.283 e. The maximum absolute atomic E-state index is 11.3. The van der Waals surface area contributed by atoms with E-state index in [-0.39, 0.29) is 11.6 Å². The largest absolute Gasteiger partial charge is 0.314 e. The van der Waals surface area contributed by atoms with Gasteiger partial charge >= 0.3 is 0 Å². The third kappa shape index (κ3) is 1.26. The second kappa shape index (κ2) is 3.17. The first kappa shape index (κ1) is 8.80. The van der Waals surface area contributed by atoms with E-state index >= 15 is 0 Å². The number of aromatic nitrogens is 4. The lowest BCUT2D eigenvalue weighted by atomic mass is 10.3. The van der Waals surface area contributed by atoms with Gasteiger partial charge in [-0.25, -0.2) is 9.97 Å². The van der Waals surface area contributed by atoms with Gasteiger partial charge in [-0.05, 0) is 13.8 Å². The third-order valence-electron chi connectivity index (χ3n) is 2.02. The van der Waals surface area contributed by atoms with Gasteiger partial charge in [-0.15, -0.1) is 0 Å². The van der Waals surface area contributed by atoms with Gasteiger partial charge < -0.3 is 4.57 Å². The van der Waals surface area contributed by atoms with Gasteiger partial charge in [-0.2, -0.15) is 4.98 Å². The van der Waals surface area contributed by atoms with Crippen LogP contribution in [0, 0.1) is 0 Å². The van der Waals surface area contributed by atoms with E-state index in [9.17, 15) is 4.79 Å². The lowest BCUT2D eigenvalue weighted by Crippen LogP contribution is -2.15. The maximum atomic E-state index is 11.3. The fraction of sp³-hybridized carbons (Fsp3) is 0.333. The van der Waals surface area contributed by atoms with Crippen molar-refractivity contribution in [2.75, 3.05) is 0 Å². The molecule has 5 heteroatoms. The van der Waals surface area contributed by atoms with Crippen LogP contribution in [-0.4, -0.2) is 19.5 Å². The Hall–Kier alpha value is -1.78. The molecule has 0 saturated heterocycles. The van der Waals surface area contributed by atoms with Crippen LogP contribution in [0.5, 0.6) is 0 Å². The SMILES string of the molecule is CC(C)n1cnc(=O)c2cncnc21. The van der Waals surface area contributed by atoms with E-state index in [0.717, 1.165) is 0 Å². The molecule has 0 atom stereocenters. The molecule has 0 amide bonds. The summed E-state index contributed by atoms with van der Waals surface area (Å²) in [6.07, 6.45) is 4.44. The van der Waals surface area contributed by atoms with E-state index in [1.165, 1.54) is 18.9 Å². The van der Waals surface area contributed by atoms with E-state index in [2.05, 4.69) is 15.0 Å². The highest BCUT2D eigenvalue weighted by atomic mass is 16.1. The van der Waals surface area contributed by atoms with Crippen molar-refractivity contribution >= 4 is 11.0 Å². The number of hydrogen-bond donors (Lipinski definition) is 0. The molecule has 0 aromatic carbocycles. The summed E-state index contributed by atoms with van der Waals surface area (Å²) in [5, 5.41) is 0.462. The van der Waals surface area contributed by atoms with Crippen LogP contribution in [0.1, 0.15) is 19.9 Å². The second-order valence-corrected chi connectivity index (χ2v) is 3.31. The molecule has 72 valence electrons. The van der Waals surface area contributed by atoms with Gasteiger partial charge in [0.1, 0.15) is 23.7 Å². The summed E-state index contributed by atoms with van der Waals surface area (Å²) in [5.74, 6) is 0. The van der Waals surface area contributed by atoms with E-state index in [1.54, 1.807) is 0 Å². The Labute approximate surface area is 80.5 Å². The Bertz CT molecular complexity index is 517. The molecule has 0 saturated carbocycles. The molecule has 0 aliphatic carbocycles. The molecule has 2 rings (SSSR count). The monoisotopic (exact) mass is 190 g/mol. The van der Waals surface area contributed by atoms with Crippen LogP contribution in [0.3, 0.4) is 0 Å². The van der Waals surface area contributed by atoms with Gasteiger partial charge in [0.15, 0.2) is 0 Å². The predicted octanol–water partition coefficient (Wildman–Crippen LogP) is 0.767. The zero-order chi connectivity index (χ0) is 10.1. The van der Waals surface area contributed by atoms with Gasteiger partial charge in [-0.3, -0.25) is 4.79 Å². The average molecular weight is 190 g/mol. The number of fused-ring (bicyclic) bond motifs is 1. The summed E-state index contributed by atoms with van der Waals surface area (Å²) in [7, 11) is 0. The standard InChI is InChI=1S/C9H10N4O/c1-6(2)13-5-12-9(14)7-3-10-4-11-8(7)13/h3-6H,1-2H3. The van der Waals surface area contributed by atoms with Crippen LogP contribution in [0.15, 0.2) is 23.6 Å². The molecule has 5 nitrogen and oxygen atoms in total. The van der Waals surface area contributed by atoms with E-state index in [1.807, 2.05) is 18.4 Å². The minimum atomic E-state index is -0.280. The lowest BCUT2D eigenvalue weighted by Gasteiger charge is -2.11. The molecule has 0 fully saturated rings. The van der Waals surface area contributed by atoms with Crippen LogP contribution >= 0.6 is 0 Å². The van der Waals surface area contributed by atoms with Crippen molar-refractivity contribution in [2.45, 2.75) is 19.9 Å². The lowest BCUT2D eigenvalue weighted by molar-refractivity contribution is 0.600. The number of rotatable bonds is 1. The van der Waals surface area contributed by atoms with Crippen molar-refractivity contribution < 1.29 is 0 Å². The molecule has 0 bridgehead atoms. The fourth-order valence-electron chi connectivity index (χ4n) is 1.30. The van der Waals surface area contributed by atoms with Crippen LogP contribution in [-0.2, 0) is 0 Å². The van der Waals surface area contributed by atoms with Crippen molar-refractivity contribution in [2.24, 2.45) is 0 Å². The summed E-state index contributed by atoms with van der Waals surface area (Å²) in [6.45, 7) is 4.02. The maximum Gasteiger partial charge on any atom is 0.283 e. The molecule has 0 N–H and O–H groups in total. The Balaban J connectivity index is 2.89. The summed E-state index contributed by atoms with van der Waals surface area (Å²) in [4.78, 5) is 23.0. The Morgan fingerprint density at radius 2 is 2.14 bits per heavy atom. The topological polar surface area (TPSA) is 60.7 Å². The van der Waals surface area contributed by atoms with Crippen molar-refractivity contribution in [3.05, 3.63) is 29.2 Å². The highest BCUT2D eigenvalue weighted by Gasteiger charge is 2.06. The average Bonchev–Trinajstić information content (AvgIpc) is 2.18. The molecule has 14 heavy (non-hydrogen) atoms. The van der Waals surface area contributed by atoms with Crippen LogP contribution in [0.2, 0.25) is 0 Å². The van der Waals surface area contributed by atoms with E-state index < -0.39 is 0 Å². The van der Waals surface area contributed by atoms with Gasteiger partial charge in [0.05, 0.1) is 0 Å². The summed E-state index contributed by atoms with van der Waals surface area (Å²) in [6, 6.07) is 0.223. The zero-order valence-electron chi connectivity index (χ0n) is 8.01. The summed E-state index contributed by atoms with van der Waals surface area (Å²) in [5.41, 5.74) is 0.354. The Kier molecular flexibility index (Phi) is 1.99. The highest BCUT2D eigenvalue weighted by Crippen LogP contribution is 2.09. The molecule has 2 aromatic heterocycles. The van der Waals surface area contributed by atoms with E-state index in [4.69, 9.17) is 0 Å². The normalized spacial score (nSPS) is 11.1. The summed E-state index contributed by atoms with van der Waals surface area (Å²) >= 11 is 0. The molecule has 0 spiro atoms. The minimum Gasteiger partial charge on any atom is -0.314 e. The third-order valence-corrected chi connectivity index (χ3v) is 2.02. The number of nitrogens with zero attached hydrogens (tertiary/aromatic N) is 4. The zero-order valence-corrected chi connectivity index (χ0v) is 8.01. The van der Waals surface area contributed by atoms with Gasteiger partial charge in [0, 0.05) is 12.2 Å². The van der Waals surface area contributed by atoms with Gasteiger partial charge in [0.2, 0.25) is 0 Å². The van der Waals surface area contributed by atoms with Crippen LogP contribution in [0.25, 0.3) is 11.0 Å². The van der Waals surface area contributed by atoms with Gasteiger partial charge in [-0.1, -0.05) is 0 Å². The first-order chi connectivity index (χ1) is 6.70. The Morgan fingerprint density at radius 3 is 2.86 bits per heavy atom. The second-order valence-electron chi connectivity index (χ2n) is 3.31. The van der Waals surface area contributed by atoms with Crippen molar-refractivity contribution in [1.29, 1.82) is 0 Å². The van der Waals surface area contributed by atoms with Crippen LogP contribution < -0.4 is 5.56 Å². The molecule has 0 radical (unpaired) electrons.